The third kappa shape index (κ3) is 2.78. The largest absolute Gasteiger partial charge is 0.497 e. The molecule has 0 aliphatic carbocycles. The van der Waals surface area contributed by atoms with Crippen molar-refractivity contribution in [2.24, 2.45) is 11.1 Å². The summed E-state index contributed by atoms with van der Waals surface area (Å²) in [7, 11) is 3.13. The number of carbonyl (C=O) groups is 1. The van der Waals surface area contributed by atoms with Gasteiger partial charge in [0, 0.05) is 31.4 Å². The Morgan fingerprint density at radius 1 is 1.20 bits per heavy atom. The molecule has 1 aliphatic rings. The molecular formula is C15H21NO4. The number of Topliss-reactive ketones (excluding diaryl/α,β-unsaturated/α-hetero) is 1. The summed E-state index contributed by atoms with van der Waals surface area (Å²) in [5.41, 5.74) is 5.92. The third-order valence-corrected chi connectivity index (χ3v) is 3.94. The smallest absolute Gasteiger partial charge is 0.170 e. The molecule has 0 radical (unpaired) electrons. The molecule has 1 heterocycles. The van der Waals surface area contributed by atoms with Crippen LogP contribution in [-0.4, -0.2) is 39.8 Å². The van der Waals surface area contributed by atoms with E-state index in [1.165, 1.54) is 0 Å². The van der Waals surface area contributed by atoms with Crippen LogP contribution in [0.3, 0.4) is 0 Å². The third-order valence-electron chi connectivity index (χ3n) is 3.94. The highest BCUT2D eigenvalue weighted by atomic mass is 16.5. The Kier molecular flexibility index (Phi) is 4.62. The van der Waals surface area contributed by atoms with Crippen molar-refractivity contribution in [3.05, 3.63) is 23.8 Å². The Morgan fingerprint density at radius 2 is 1.75 bits per heavy atom. The lowest BCUT2D eigenvalue weighted by Gasteiger charge is -2.34. The molecule has 0 saturated carbocycles. The Bertz CT molecular complexity index is 459. The molecule has 0 unspecified atom stereocenters. The summed E-state index contributed by atoms with van der Waals surface area (Å²) >= 11 is 0. The SMILES string of the molecule is COc1cc(OC)cc(C(=O)C2(CN)CCOCC2)c1. The number of carbonyl (C=O) groups excluding carboxylic acids is 1. The average Bonchev–Trinajstić information content (AvgIpc) is 2.54. The van der Waals surface area contributed by atoms with E-state index < -0.39 is 5.41 Å². The van der Waals surface area contributed by atoms with Gasteiger partial charge in [-0.25, -0.2) is 0 Å². The number of methoxy groups -OCH3 is 2. The highest BCUT2D eigenvalue weighted by molar-refractivity contribution is 6.01. The minimum atomic E-state index is -0.532. The van der Waals surface area contributed by atoms with Crippen molar-refractivity contribution in [2.75, 3.05) is 34.0 Å². The first kappa shape index (κ1) is 14.8. The maximum Gasteiger partial charge on any atom is 0.170 e. The van der Waals surface area contributed by atoms with Crippen LogP contribution in [-0.2, 0) is 4.74 Å². The minimum Gasteiger partial charge on any atom is -0.497 e. The van der Waals surface area contributed by atoms with Crippen LogP contribution < -0.4 is 15.2 Å². The van der Waals surface area contributed by atoms with Gasteiger partial charge in [0.1, 0.15) is 11.5 Å². The summed E-state index contributed by atoms with van der Waals surface area (Å²) in [5, 5.41) is 0. The number of ether oxygens (including phenoxy) is 3. The molecule has 0 aromatic heterocycles. The highest BCUT2D eigenvalue weighted by Gasteiger charge is 2.39. The fourth-order valence-corrected chi connectivity index (χ4v) is 2.53. The van der Waals surface area contributed by atoms with E-state index in [0.29, 0.717) is 49.7 Å². The maximum atomic E-state index is 12.8. The summed E-state index contributed by atoms with van der Waals surface area (Å²) in [5.74, 6) is 1.25. The molecule has 20 heavy (non-hydrogen) atoms. The molecule has 1 aromatic rings. The van der Waals surface area contributed by atoms with E-state index in [4.69, 9.17) is 19.9 Å². The van der Waals surface area contributed by atoms with E-state index >= 15 is 0 Å². The molecule has 0 atom stereocenters. The molecule has 1 fully saturated rings. The van der Waals surface area contributed by atoms with Crippen LogP contribution in [0.5, 0.6) is 11.5 Å². The van der Waals surface area contributed by atoms with Crippen LogP contribution in [0, 0.1) is 5.41 Å². The van der Waals surface area contributed by atoms with Gasteiger partial charge < -0.3 is 19.9 Å². The van der Waals surface area contributed by atoms with Crippen LogP contribution in [0.1, 0.15) is 23.2 Å². The van der Waals surface area contributed by atoms with E-state index in [2.05, 4.69) is 0 Å². The first-order valence-electron chi connectivity index (χ1n) is 6.71. The Balaban J connectivity index is 2.36. The second kappa shape index (κ2) is 6.24. The number of benzene rings is 1. The van der Waals surface area contributed by atoms with Crippen LogP contribution in [0.4, 0.5) is 0 Å². The quantitative estimate of drug-likeness (QED) is 0.830. The fourth-order valence-electron chi connectivity index (χ4n) is 2.53. The number of hydrogen-bond acceptors (Lipinski definition) is 5. The van der Waals surface area contributed by atoms with Crippen molar-refractivity contribution in [2.45, 2.75) is 12.8 Å². The van der Waals surface area contributed by atoms with Gasteiger partial charge in [-0.3, -0.25) is 4.79 Å². The van der Waals surface area contributed by atoms with Crippen LogP contribution >= 0.6 is 0 Å². The van der Waals surface area contributed by atoms with Gasteiger partial charge in [-0.2, -0.15) is 0 Å². The molecule has 5 heteroatoms. The van der Waals surface area contributed by atoms with E-state index in [9.17, 15) is 4.79 Å². The number of hydrogen-bond donors (Lipinski definition) is 1. The molecule has 110 valence electrons. The molecule has 2 N–H and O–H groups in total. The van der Waals surface area contributed by atoms with Crippen molar-refractivity contribution in [1.82, 2.24) is 0 Å². The van der Waals surface area contributed by atoms with Gasteiger partial charge in [0.05, 0.1) is 19.6 Å². The van der Waals surface area contributed by atoms with Gasteiger partial charge in [-0.05, 0) is 25.0 Å². The molecule has 1 aliphatic heterocycles. The van der Waals surface area contributed by atoms with Crippen molar-refractivity contribution in [3.8, 4) is 11.5 Å². The Hall–Kier alpha value is -1.59. The van der Waals surface area contributed by atoms with E-state index in [0.717, 1.165) is 0 Å². The maximum absolute atomic E-state index is 12.8. The first-order valence-corrected chi connectivity index (χ1v) is 6.71. The van der Waals surface area contributed by atoms with Gasteiger partial charge in [0.2, 0.25) is 0 Å². The van der Waals surface area contributed by atoms with Gasteiger partial charge in [0.25, 0.3) is 0 Å². The number of rotatable bonds is 5. The molecule has 0 spiro atoms. The highest BCUT2D eigenvalue weighted by Crippen LogP contribution is 2.35. The van der Waals surface area contributed by atoms with Crippen molar-refractivity contribution < 1.29 is 19.0 Å². The molecule has 5 nitrogen and oxygen atoms in total. The fraction of sp³-hybridized carbons (Fsp3) is 0.533. The predicted octanol–water partition coefficient (Wildman–Crippen LogP) is 1.64. The Labute approximate surface area is 119 Å². The van der Waals surface area contributed by atoms with E-state index in [1.54, 1.807) is 32.4 Å². The van der Waals surface area contributed by atoms with Crippen LogP contribution in [0.25, 0.3) is 0 Å². The van der Waals surface area contributed by atoms with E-state index in [1.807, 2.05) is 0 Å². The lowest BCUT2D eigenvalue weighted by Crippen LogP contribution is -2.43. The monoisotopic (exact) mass is 279 g/mol. The zero-order valence-corrected chi connectivity index (χ0v) is 12.0. The van der Waals surface area contributed by atoms with Crippen LogP contribution in [0.2, 0.25) is 0 Å². The van der Waals surface area contributed by atoms with Crippen LogP contribution in [0.15, 0.2) is 18.2 Å². The molecule has 1 aromatic carbocycles. The lowest BCUT2D eigenvalue weighted by atomic mass is 9.74. The standard InChI is InChI=1S/C15H21NO4/c1-18-12-7-11(8-13(9-12)19-2)14(17)15(10-16)3-5-20-6-4-15/h7-9H,3-6,10,16H2,1-2H3. The summed E-state index contributed by atoms with van der Waals surface area (Å²) < 4.78 is 15.8. The van der Waals surface area contributed by atoms with Crippen molar-refractivity contribution in [1.29, 1.82) is 0 Å². The van der Waals surface area contributed by atoms with E-state index in [-0.39, 0.29) is 5.78 Å². The van der Waals surface area contributed by atoms with Gasteiger partial charge in [-0.1, -0.05) is 0 Å². The molecule has 0 bridgehead atoms. The van der Waals surface area contributed by atoms with Gasteiger partial charge in [0.15, 0.2) is 5.78 Å². The lowest BCUT2D eigenvalue weighted by molar-refractivity contribution is 0.0200. The number of ketones is 1. The summed E-state index contributed by atoms with van der Waals surface area (Å²) in [6, 6.07) is 5.21. The zero-order valence-electron chi connectivity index (χ0n) is 12.0. The molecular weight excluding hydrogens is 258 g/mol. The first-order chi connectivity index (χ1) is 9.65. The summed E-state index contributed by atoms with van der Waals surface area (Å²) in [6.07, 6.45) is 1.31. The summed E-state index contributed by atoms with van der Waals surface area (Å²) in [6.45, 7) is 1.48. The number of nitrogens with two attached hydrogens (primary N) is 1. The van der Waals surface area contributed by atoms with Gasteiger partial charge >= 0.3 is 0 Å². The van der Waals surface area contributed by atoms with Crippen molar-refractivity contribution in [3.63, 3.8) is 0 Å². The topological polar surface area (TPSA) is 70.8 Å². The average molecular weight is 279 g/mol. The normalized spacial score (nSPS) is 17.6. The zero-order chi connectivity index (χ0) is 14.6. The second-order valence-electron chi connectivity index (χ2n) is 5.03. The molecule has 2 rings (SSSR count). The van der Waals surface area contributed by atoms with Crippen molar-refractivity contribution >= 4 is 5.78 Å². The Morgan fingerprint density at radius 3 is 2.20 bits per heavy atom. The second-order valence-corrected chi connectivity index (χ2v) is 5.03. The van der Waals surface area contributed by atoms with Gasteiger partial charge in [-0.15, -0.1) is 0 Å². The predicted molar refractivity (Wildman–Crippen MR) is 75.4 cm³/mol. The minimum absolute atomic E-state index is 0.0421. The molecule has 0 amide bonds. The molecule has 1 saturated heterocycles. The summed E-state index contributed by atoms with van der Waals surface area (Å²) in [4.78, 5) is 12.8.